The van der Waals surface area contributed by atoms with Crippen LogP contribution >= 0.6 is 0 Å². The molecule has 46 heavy (non-hydrogen) atoms. The minimum Gasteiger partial charge on any atom is -0.451 e. The molecule has 6 rings (SSSR count). The zero-order valence-corrected chi connectivity index (χ0v) is 25.0. The molecule has 0 atom stereocenters. The van der Waals surface area contributed by atoms with Crippen LogP contribution in [0.15, 0.2) is 107 Å². The summed E-state index contributed by atoms with van der Waals surface area (Å²) in [5.41, 5.74) is 1.90. The summed E-state index contributed by atoms with van der Waals surface area (Å²) in [5, 5.41) is 4.50. The second-order valence-electron chi connectivity index (χ2n) is 10.9. The highest BCUT2D eigenvalue weighted by Crippen LogP contribution is 2.33. The molecule has 1 saturated heterocycles. The van der Waals surface area contributed by atoms with Crippen LogP contribution in [-0.4, -0.2) is 65.3 Å². The summed E-state index contributed by atoms with van der Waals surface area (Å²) in [6.45, 7) is 2.10. The van der Waals surface area contributed by atoms with Crippen molar-refractivity contribution in [2.45, 2.75) is 12.6 Å². The normalized spacial score (nSPS) is 13.6. The third-order valence-electron chi connectivity index (χ3n) is 7.94. The van der Waals surface area contributed by atoms with Gasteiger partial charge in [0.05, 0.1) is 23.1 Å². The van der Waals surface area contributed by atoms with Gasteiger partial charge < -0.3 is 19.1 Å². The topological polar surface area (TPSA) is 87.7 Å². The number of hydrogen-bond acceptors (Lipinski definition) is 7. The number of piperazine rings is 1. The lowest BCUT2D eigenvalue weighted by molar-refractivity contribution is -0.137. The molecule has 4 heterocycles. The van der Waals surface area contributed by atoms with E-state index in [1.54, 1.807) is 17.3 Å². The SMILES string of the molecule is CN(CCc1ccccn1)c1c(N2CCN(C(=O)c3ccc(-c4cccc(C(F)(F)F)c4)o3)CC2)cnn(-c2ccccc2)c1=O. The van der Waals surface area contributed by atoms with E-state index in [1.807, 2.05) is 65.4 Å². The van der Waals surface area contributed by atoms with Crippen molar-refractivity contribution in [2.24, 2.45) is 0 Å². The number of carbonyl (C=O) groups is 1. The molecule has 1 fully saturated rings. The van der Waals surface area contributed by atoms with Crippen LogP contribution in [0.2, 0.25) is 0 Å². The van der Waals surface area contributed by atoms with Gasteiger partial charge in [-0.05, 0) is 48.5 Å². The third-order valence-corrected chi connectivity index (χ3v) is 7.94. The van der Waals surface area contributed by atoms with E-state index >= 15 is 0 Å². The number of alkyl halides is 3. The first-order valence-corrected chi connectivity index (χ1v) is 14.8. The van der Waals surface area contributed by atoms with Crippen LogP contribution in [-0.2, 0) is 12.6 Å². The molecule has 0 unspecified atom stereocenters. The number of amides is 1. The maximum absolute atomic E-state index is 13.9. The summed E-state index contributed by atoms with van der Waals surface area (Å²) < 4.78 is 46.7. The average Bonchev–Trinajstić information content (AvgIpc) is 3.58. The Bertz CT molecular complexity index is 1870. The Morgan fingerprint density at radius 1 is 0.935 bits per heavy atom. The Labute approximate surface area is 263 Å². The molecule has 236 valence electrons. The summed E-state index contributed by atoms with van der Waals surface area (Å²) in [7, 11) is 1.87. The molecule has 5 aromatic rings. The molecule has 1 amide bonds. The number of carbonyl (C=O) groups excluding carboxylic acids is 1. The number of likely N-dealkylation sites (N-methyl/N-ethyl adjacent to an activating group) is 1. The summed E-state index contributed by atoms with van der Waals surface area (Å²) in [6.07, 6.45) is -0.424. The van der Waals surface area contributed by atoms with Crippen molar-refractivity contribution >= 4 is 17.3 Å². The second-order valence-corrected chi connectivity index (χ2v) is 10.9. The van der Waals surface area contributed by atoms with Gasteiger partial charge in [-0.2, -0.15) is 23.0 Å². The van der Waals surface area contributed by atoms with E-state index in [2.05, 4.69) is 10.1 Å². The van der Waals surface area contributed by atoms with Gasteiger partial charge in [0.25, 0.3) is 11.5 Å². The van der Waals surface area contributed by atoms with Crippen molar-refractivity contribution in [3.8, 4) is 17.0 Å². The molecule has 1 aliphatic rings. The molecule has 0 spiro atoms. The smallest absolute Gasteiger partial charge is 0.416 e. The Hall–Kier alpha value is -5.39. The number of aromatic nitrogens is 3. The van der Waals surface area contributed by atoms with Gasteiger partial charge in [-0.15, -0.1) is 0 Å². The van der Waals surface area contributed by atoms with Crippen LogP contribution in [0.1, 0.15) is 21.8 Å². The fraction of sp³-hybridized carbons (Fsp3) is 0.235. The van der Waals surface area contributed by atoms with Crippen molar-refractivity contribution in [3.63, 3.8) is 0 Å². The largest absolute Gasteiger partial charge is 0.451 e. The van der Waals surface area contributed by atoms with Crippen molar-refractivity contribution in [1.82, 2.24) is 19.7 Å². The van der Waals surface area contributed by atoms with Crippen LogP contribution in [0.3, 0.4) is 0 Å². The Balaban J connectivity index is 1.20. The van der Waals surface area contributed by atoms with Gasteiger partial charge in [0.2, 0.25) is 0 Å². The van der Waals surface area contributed by atoms with E-state index in [4.69, 9.17) is 4.42 Å². The van der Waals surface area contributed by atoms with Gasteiger partial charge in [-0.3, -0.25) is 14.6 Å². The number of benzene rings is 2. The van der Waals surface area contributed by atoms with E-state index in [0.29, 0.717) is 56.2 Å². The van der Waals surface area contributed by atoms with Crippen molar-refractivity contribution in [1.29, 1.82) is 0 Å². The standard InChI is InChI=1S/C34H31F3N6O3/c1-40(17-15-26-10-5-6-16-38-26)31-28(23-39-43(33(31)45)27-11-3-2-4-12-27)41-18-20-42(21-19-41)32(44)30-14-13-29(46-30)24-8-7-9-25(22-24)34(35,36)37/h2-14,16,22-23H,15,17-21H2,1H3. The first-order chi connectivity index (χ1) is 22.2. The van der Waals surface area contributed by atoms with E-state index in [0.717, 1.165) is 17.8 Å². The van der Waals surface area contributed by atoms with E-state index in [1.165, 1.54) is 28.9 Å². The fourth-order valence-corrected chi connectivity index (χ4v) is 5.48. The van der Waals surface area contributed by atoms with Gasteiger partial charge >= 0.3 is 6.18 Å². The molecule has 0 aliphatic carbocycles. The zero-order valence-electron chi connectivity index (χ0n) is 25.0. The molecule has 0 saturated carbocycles. The number of hydrogen-bond donors (Lipinski definition) is 0. The quantitative estimate of drug-likeness (QED) is 0.223. The number of nitrogens with zero attached hydrogens (tertiary/aromatic N) is 6. The third kappa shape index (κ3) is 6.51. The lowest BCUT2D eigenvalue weighted by Gasteiger charge is -2.37. The van der Waals surface area contributed by atoms with Gasteiger partial charge in [-0.25, -0.2) is 0 Å². The molecular formula is C34H31F3N6O3. The number of anilines is 2. The van der Waals surface area contributed by atoms with Gasteiger partial charge in [-0.1, -0.05) is 36.4 Å². The van der Waals surface area contributed by atoms with E-state index < -0.39 is 11.7 Å². The lowest BCUT2D eigenvalue weighted by atomic mass is 10.1. The molecule has 3 aromatic heterocycles. The number of para-hydroxylation sites is 1. The van der Waals surface area contributed by atoms with Crippen LogP contribution in [0.5, 0.6) is 0 Å². The molecule has 0 bridgehead atoms. The molecule has 1 aliphatic heterocycles. The molecule has 9 nitrogen and oxygen atoms in total. The van der Waals surface area contributed by atoms with Crippen LogP contribution in [0.25, 0.3) is 17.0 Å². The number of rotatable bonds is 8. The Kier molecular flexibility index (Phi) is 8.60. The molecule has 2 aromatic carbocycles. The number of halogens is 3. The van der Waals surface area contributed by atoms with Gasteiger partial charge in [0.15, 0.2) is 5.76 Å². The molecule has 12 heteroatoms. The minimum atomic E-state index is -4.49. The lowest BCUT2D eigenvalue weighted by Crippen LogP contribution is -2.49. The predicted molar refractivity (Wildman–Crippen MR) is 168 cm³/mol. The maximum Gasteiger partial charge on any atom is 0.416 e. The fourth-order valence-electron chi connectivity index (χ4n) is 5.48. The van der Waals surface area contributed by atoms with Gasteiger partial charge in [0.1, 0.15) is 11.4 Å². The molecule has 0 radical (unpaired) electrons. The first kappa shape index (κ1) is 30.6. The van der Waals surface area contributed by atoms with Crippen LogP contribution in [0, 0.1) is 0 Å². The van der Waals surface area contributed by atoms with Crippen molar-refractivity contribution in [2.75, 3.05) is 49.6 Å². The zero-order chi connectivity index (χ0) is 32.3. The number of furan rings is 1. The highest BCUT2D eigenvalue weighted by Gasteiger charge is 2.31. The predicted octanol–water partition coefficient (Wildman–Crippen LogP) is 5.55. The van der Waals surface area contributed by atoms with Crippen molar-refractivity contribution < 1.29 is 22.4 Å². The van der Waals surface area contributed by atoms with Crippen LogP contribution in [0.4, 0.5) is 24.5 Å². The summed E-state index contributed by atoms with van der Waals surface area (Å²) >= 11 is 0. The molecule has 0 N–H and O–H groups in total. The Morgan fingerprint density at radius 2 is 1.70 bits per heavy atom. The Morgan fingerprint density at radius 3 is 2.41 bits per heavy atom. The summed E-state index contributed by atoms with van der Waals surface area (Å²) in [6, 6.07) is 22.7. The van der Waals surface area contributed by atoms with Gasteiger partial charge in [0, 0.05) is 63.6 Å². The van der Waals surface area contributed by atoms with E-state index in [-0.39, 0.29) is 28.6 Å². The van der Waals surface area contributed by atoms with E-state index in [9.17, 15) is 22.8 Å². The van der Waals surface area contributed by atoms with Crippen molar-refractivity contribution in [3.05, 3.63) is 125 Å². The summed E-state index contributed by atoms with van der Waals surface area (Å²) in [4.78, 5) is 37.2. The maximum atomic E-state index is 13.9. The minimum absolute atomic E-state index is 0.0444. The molecular weight excluding hydrogens is 597 g/mol. The summed E-state index contributed by atoms with van der Waals surface area (Å²) in [5.74, 6) is -0.136. The number of pyridine rings is 1. The van der Waals surface area contributed by atoms with Crippen LogP contribution < -0.4 is 15.4 Å². The second kappa shape index (κ2) is 12.9. The average molecular weight is 629 g/mol. The first-order valence-electron chi connectivity index (χ1n) is 14.8. The highest BCUT2D eigenvalue weighted by atomic mass is 19.4. The highest BCUT2D eigenvalue weighted by molar-refractivity contribution is 5.92. The monoisotopic (exact) mass is 628 g/mol.